The molecule has 0 aliphatic rings. The number of nitrogens with one attached hydrogen (secondary N) is 2. The summed E-state index contributed by atoms with van der Waals surface area (Å²) in [7, 11) is 0. The fraction of sp³-hybridized carbons (Fsp3) is 0.562. The van der Waals surface area contributed by atoms with Gasteiger partial charge in [0.2, 0.25) is 0 Å². The molecule has 0 radical (unpaired) electrons. The van der Waals surface area contributed by atoms with Gasteiger partial charge in [0.15, 0.2) is 0 Å². The Balaban J connectivity index is 2.80. The van der Waals surface area contributed by atoms with E-state index in [9.17, 15) is 4.79 Å². The molecule has 22 heavy (non-hydrogen) atoms. The Morgan fingerprint density at radius 1 is 1.32 bits per heavy atom. The maximum Gasteiger partial charge on any atom is 0.315 e. The van der Waals surface area contributed by atoms with E-state index in [-0.39, 0.29) is 24.7 Å². The van der Waals surface area contributed by atoms with Crippen molar-refractivity contribution in [1.29, 1.82) is 0 Å². The molecule has 0 bridgehead atoms. The molecule has 124 valence electrons. The first-order chi connectivity index (χ1) is 10.5. The second-order valence-corrected chi connectivity index (χ2v) is 5.60. The first-order valence-corrected chi connectivity index (χ1v) is 8.04. The second-order valence-electron chi connectivity index (χ2n) is 5.20. The molecule has 6 heteroatoms. The third-order valence-electron chi connectivity index (χ3n) is 3.62. The number of likely N-dealkylation sites (N-methyl/N-ethyl adjacent to an activating group) is 1. The molecule has 0 aliphatic carbocycles. The van der Waals surface area contributed by atoms with Crippen LogP contribution in [0.3, 0.4) is 0 Å². The van der Waals surface area contributed by atoms with Crippen LogP contribution in [-0.4, -0.2) is 48.3 Å². The Bertz CT molecular complexity index is 466. The van der Waals surface area contributed by atoms with Crippen molar-refractivity contribution >= 4 is 17.6 Å². The Morgan fingerprint density at radius 2 is 1.95 bits per heavy atom. The molecule has 0 fully saturated rings. The van der Waals surface area contributed by atoms with Gasteiger partial charge in [0.1, 0.15) is 0 Å². The minimum Gasteiger partial charge on any atom is -0.394 e. The van der Waals surface area contributed by atoms with E-state index in [0.29, 0.717) is 11.6 Å². The molecule has 1 rings (SSSR count). The zero-order valence-corrected chi connectivity index (χ0v) is 14.2. The average molecular weight is 328 g/mol. The summed E-state index contributed by atoms with van der Waals surface area (Å²) in [6.45, 7) is 8.01. The Kier molecular flexibility index (Phi) is 8.24. The lowest BCUT2D eigenvalue weighted by Gasteiger charge is -2.31. The number of aliphatic hydroxyl groups excluding tert-OH is 1. The zero-order chi connectivity index (χ0) is 16.5. The van der Waals surface area contributed by atoms with Gasteiger partial charge in [-0.2, -0.15) is 0 Å². The lowest BCUT2D eigenvalue weighted by Crippen LogP contribution is -2.45. The Labute approximate surface area is 137 Å². The number of benzene rings is 1. The number of rotatable bonds is 8. The highest BCUT2D eigenvalue weighted by molar-refractivity contribution is 6.31. The van der Waals surface area contributed by atoms with Crippen LogP contribution in [0.2, 0.25) is 5.02 Å². The summed E-state index contributed by atoms with van der Waals surface area (Å²) < 4.78 is 0. The molecular formula is C16H26ClN3O2. The largest absolute Gasteiger partial charge is 0.394 e. The normalized spacial score (nSPS) is 13.7. The summed E-state index contributed by atoms with van der Waals surface area (Å²) in [6, 6.07) is 7.15. The van der Waals surface area contributed by atoms with Gasteiger partial charge in [-0.3, -0.25) is 4.90 Å². The fourth-order valence-electron chi connectivity index (χ4n) is 2.36. The van der Waals surface area contributed by atoms with Crippen molar-refractivity contribution in [2.45, 2.75) is 32.9 Å². The summed E-state index contributed by atoms with van der Waals surface area (Å²) in [5.41, 5.74) is 1.00. The zero-order valence-electron chi connectivity index (χ0n) is 13.5. The number of carbonyl (C=O) groups is 1. The van der Waals surface area contributed by atoms with Gasteiger partial charge in [-0.15, -0.1) is 0 Å². The van der Waals surface area contributed by atoms with Crippen molar-refractivity contribution < 1.29 is 9.90 Å². The van der Waals surface area contributed by atoms with Crippen molar-refractivity contribution in [3.63, 3.8) is 0 Å². The van der Waals surface area contributed by atoms with Crippen LogP contribution < -0.4 is 10.6 Å². The topological polar surface area (TPSA) is 64.6 Å². The minimum absolute atomic E-state index is 0.0129. The van der Waals surface area contributed by atoms with Crippen LogP contribution in [0.4, 0.5) is 4.79 Å². The van der Waals surface area contributed by atoms with E-state index in [1.54, 1.807) is 6.92 Å². The van der Waals surface area contributed by atoms with Gasteiger partial charge in [-0.05, 0) is 31.6 Å². The van der Waals surface area contributed by atoms with E-state index < -0.39 is 0 Å². The number of urea groups is 1. The summed E-state index contributed by atoms with van der Waals surface area (Å²) in [5, 5.41) is 15.2. The Morgan fingerprint density at radius 3 is 2.50 bits per heavy atom. The predicted molar refractivity (Wildman–Crippen MR) is 90.2 cm³/mol. The molecule has 1 aromatic rings. The first-order valence-electron chi connectivity index (χ1n) is 7.67. The maximum absolute atomic E-state index is 11.8. The van der Waals surface area contributed by atoms with E-state index in [1.807, 2.05) is 24.3 Å². The standard InChI is InChI=1S/C16H26ClN3O2/c1-4-20(5-2)15(13-8-6-7-9-14(13)17)10-18-16(22)19-12(3)11-21/h6-9,12,15,21H,4-5,10-11H2,1-3H3,(H2,18,19,22)/t12-,15?/m0/s1. The molecule has 0 heterocycles. The van der Waals surface area contributed by atoms with E-state index in [4.69, 9.17) is 16.7 Å². The van der Waals surface area contributed by atoms with Gasteiger partial charge in [-0.1, -0.05) is 43.6 Å². The summed E-state index contributed by atoms with van der Waals surface area (Å²) in [6.07, 6.45) is 0. The monoisotopic (exact) mass is 327 g/mol. The van der Waals surface area contributed by atoms with Gasteiger partial charge >= 0.3 is 6.03 Å². The van der Waals surface area contributed by atoms with Crippen molar-refractivity contribution in [2.75, 3.05) is 26.2 Å². The molecule has 0 aliphatic heterocycles. The summed E-state index contributed by atoms with van der Waals surface area (Å²) >= 11 is 6.31. The smallest absolute Gasteiger partial charge is 0.315 e. The molecule has 0 saturated carbocycles. The quantitative estimate of drug-likeness (QED) is 0.687. The van der Waals surface area contributed by atoms with E-state index >= 15 is 0 Å². The Hall–Kier alpha value is -1.30. The average Bonchev–Trinajstić information content (AvgIpc) is 2.52. The van der Waals surface area contributed by atoms with Crippen molar-refractivity contribution in [3.8, 4) is 0 Å². The molecule has 0 aromatic heterocycles. The van der Waals surface area contributed by atoms with Crippen LogP contribution in [0.5, 0.6) is 0 Å². The third-order valence-corrected chi connectivity index (χ3v) is 3.97. The molecule has 0 spiro atoms. The first kappa shape index (κ1) is 18.7. The van der Waals surface area contributed by atoms with Crippen molar-refractivity contribution in [2.24, 2.45) is 0 Å². The second kappa shape index (κ2) is 9.66. The van der Waals surface area contributed by atoms with Crippen LogP contribution in [0.15, 0.2) is 24.3 Å². The van der Waals surface area contributed by atoms with Gasteiger partial charge in [0, 0.05) is 11.6 Å². The van der Waals surface area contributed by atoms with E-state index in [0.717, 1.165) is 18.7 Å². The molecule has 2 atom stereocenters. The SMILES string of the molecule is CCN(CC)C(CNC(=O)N[C@@H](C)CO)c1ccccc1Cl. The summed E-state index contributed by atoms with van der Waals surface area (Å²) in [5.74, 6) is 0. The highest BCUT2D eigenvalue weighted by atomic mass is 35.5. The number of hydrogen-bond donors (Lipinski definition) is 3. The van der Waals surface area contributed by atoms with Crippen LogP contribution in [0.1, 0.15) is 32.4 Å². The third kappa shape index (κ3) is 5.48. The van der Waals surface area contributed by atoms with Gasteiger partial charge in [-0.25, -0.2) is 4.79 Å². The van der Waals surface area contributed by atoms with Crippen LogP contribution in [-0.2, 0) is 0 Å². The number of nitrogens with zero attached hydrogens (tertiary/aromatic N) is 1. The molecule has 2 amide bonds. The molecule has 0 saturated heterocycles. The lowest BCUT2D eigenvalue weighted by atomic mass is 10.0. The number of halogens is 1. The fourth-order valence-corrected chi connectivity index (χ4v) is 2.62. The van der Waals surface area contributed by atoms with E-state index in [1.165, 1.54) is 0 Å². The van der Waals surface area contributed by atoms with Gasteiger partial charge < -0.3 is 15.7 Å². The van der Waals surface area contributed by atoms with E-state index in [2.05, 4.69) is 29.4 Å². The molecule has 3 N–H and O–H groups in total. The van der Waals surface area contributed by atoms with Gasteiger partial charge in [0.05, 0.1) is 18.7 Å². The minimum atomic E-state index is -0.286. The van der Waals surface area contributed by atoms with Crippen molar-refractivity contribution in [3.05, 3.63) is 34.9 Å². The molecule has 1 unspecified atom stereocenters. The predicted octanol–water partition coefficient (Wildman–Crippen LogP) is 2.40. The maximum atomic E-state index is 11.8. The summed E-state index contributed by atoms with van der Waals surface area (Å²) in [4.78, 5) is 14.1. The number of amides is 2. The van der Waals surface area contributed by atoms with Crippen molar-refractivity contribution in [1.82, 2.24) is 15.5 Å². The number of aliphatic hydroxyl groups is 1. The molecule has 1 aromatic carbocycles. The van der Waals surface area contributed by atoms with Gasteiger partial charge in [0.25, 0.3) is 0 Å². The highest BCUT2D eigenvalue weighted by Gasteiger charge is 2.21. The highest BCUT2D eigenvalue weighted by Crippen LogP contribution is 2.26. The van der Waals surface area contributed by atoms with Crippen LogP contribution in [0, 0.1) is 0 Å². The van der Waals surface area contributed by atoms with Crippen LogP contribution >= 0.6 is 11.6 Å². The number of hydrogen-bond acceptors (Lipinski definition) is 3. The molecule has 5 nitrogen and oxygen atoms in total. The number of carbonyl (C=O) groups excluding carboxylic acids is 1. The molecular weight excluding hydrogens is 302 g/mol. The lowest BCUT2D eigenvalue weighted by molar-refractivity contribution is 0.200. The van der Waals surface area contributed by atoms with Crippen LogP contribution in [0.25, 0.3) is 0 Å².